The van der Waals surface area contributed by atoms with E-state index < -0.39 is 6.04 Å². The fraction of sp³-hybridized carbons (Fsp3) is 0.462. The molecule has 1 N–H and O–H groups in total. The lowest BCUT2D eigenvalue weighted by molar-refractivity contribution is -0.140. The Labute approximate surface area is 181 Å². The molecule has 0 unspecified atom stereocenters. The van der Waals surface area contributed by atoms with Gasteiger partial charge < -0.3 is 10.2 Å². The summed E-state index contributed by atoms with van der Waals surface area (Å²) in [4.78, 5) is 27.4. The van der Waals surface area contributed by atoms with Crippen LogP contribution in [0.15, 0.2) is 54.6 Å². The Morgan fingerprint density at radius 2 is 1.50 bits per heavy atom. The maximum atomic E-state index is 13.1. The standard InChI is InChI=1S/C26H36N2O2/c1-19(2)27-25(30)20(3)28(18-22-10-8-7-9-11-22)24(29)17-14-21-12-15-23(16-13-21)26(4,5)6/h7-13,15-16,19-20H,14,17-18H2,1-6H3,(H,27,30)/t20-/m1/s1. The summed E-state index contributed by atoms with van der Waals surface area (Å²) in [7, 11) is 0. The molecule has 0 radical (unpaired) electrons. The predicted octanol–water partition coefficient (Wildman–Crippen LogP) is 4.86. The largest absolute Gasteiger partial charge is 0.352 e. The van der Waals surface area contributed by atoms with Crippen molar-refractivity contribution in [3.05, 3.63) is 71.3 Å². The average molecular weight is 409 g/mol. The lowest BCUT2D eigenvalue weighted by Crippen LogP contribution is -2.49. The van der Waals surface area contributed by atoms with E-state index in [0.717, 1.165) is 11.1 Å². The Kier molecular flexibility index (Phi) is 8.22. The Morgan fingerprint density at radius 1 is 0.900 bits per heavy atom. The molecule has 0 aliphatic heterocycles. The maximum absolute atomic E-state index is 13.1. The summed E-state index contributed by atoms with van der Waals surface area (Å²) in [6.45, 7) is 12.7. The fourth-order valence-electron chi connectivity index (χ4n) is 3.33. The molecule has 0 saturated carbocycles. The van der Waals surface area contributed by atoms with Crippen molar-refractivity contribution in [2.75, 3.05) is 0 Å². The predicted molar refractivity (Wildman–Crippen MR) is 123 cm³/mol. The van der Waals surface area contributed by atoms with E-state index in [1.807, 2.05) is 44.2 Å². The molecule has 30 heavy (non-hydrogen) atoms. The third kappa shape index (κ3) is 7.01. The summed E-state index contributed by atoms with van der Waals surface area (Å²) in [6, 6.07) is 17.8. The van der Waals surface area contributed by atoms with Gasteiger partial charge in [0.15, 0.2) is 0 Å². The average Bonchev–Trinajstić information content (AvgIpc) is 2.69. The van der Waals surface area contributed by atoms with E-state index in [1.165, 1.54) is 5.56 Å². The minimum Gasteiger partial charge on any atom is -0.352 e. The number of carbonyl (C=O) groups is 2. The number of aryl methyl sites for hydroxylation is 1. The molecule has 0 aliphatic carbocycles. The van der Waals surface area contributed by atoms with E-state index in [-0.39, 0.29) is 23.3 Å². The molecule has 0 aromatic heterocycles. The molecule has 4 heteroatoms. The smallest absolute Gasteiger partial charge is 0.242 e. The van der Waals surface area contributed by atoms with Crippen molar-refractivity contribution in [1.82, 2.24) is 10.2 Å². The summed E-state index contributed by atoms with van der Waals surface area (Å²) < 4.78 is 0. The minimum atomic E-state index is -0.525. The van der Waals surface area contributed by atoms with Gasteiger partial charge in [-0.15, -0.1) is 0 Å². The normalized spacial score (nSPS) is 12.5. The number of nitrogens with one attached hydrogen (secondary N) is 1. The molecule has 1 atom stereocenters. The van der Waals surface area contributed by atoms with Crippen molar-refractivity contribution in [3.63, 3.8) is 0 Å². The van der Waals surface area contributed by atoms with E-state index in [0.29, 0.717) is 19.4 Å². The highest BCUT2D eigenvalue weighted by molar-refractivity contribution is 5.87. The highest BCUT2D eigenvalue weighted by Crippen LogP contribution is 2.22. The second-order valence-corrected chi connectivity index (χ2v) is 9.29. The third-order valence-electron chi connectivity index (χ3n) is 5.24. The van der Waals surface area contributed by atoms with E-state index in [1.54, 1.807) is 11.8 Å². The van der Waals surface area contributed by atoms with Crippen LogP contribution in [-0.2, 0) is 28.0 Å². The number of nitrogens with zero attached hydrogens (tertiary/aromatic N) is 1. The second-order valence-electron chi connectivity index (χ2n) is 9.29. The van der Waals surface area contributed by atoms with Crippen molar-refractivity contribution < 1.29 is 9.59 Å². The molecule has 0 heterocycles. The molecule has 2 aromatic rings. The molecular weight excluding hydrogens is 372 g/mol. The molecular formula is C26H36N2O2. The molecule has 0 fully saturated rings. The quantitative estimate of drug-likeness (QED) is 0.678. The first-order valence-electron chi connectivity index (χ1n) is 10.8. The zero-order chi connectivity index (χ0) is 22.3. The lowest BCUT2D eigenvalue weighted by atomic mass is 9.86. The van der Waals surface area contributed by atoms with Crippen LogP contribution in [0, 0.1) is 0 Å². The monoisotopic (exact) mass is 408 g/mol. The summed E-state index contributed by atoms with van der Waals surface area (Å²) in [5, 5.41) is 2.92. The summed E-state index contributed by atoms with van der Waals surface area (Å²) in [6.07, 6.45) is 1.04. The number of hydrogen-bond donors (Lipinski definition) is 1. The van der Waals surface area contributed by atoms with Gasteiger partial charge >= 0.3 is 0 Å². The van der Waals surface area contributed by atoms with Gasteiger partial charge in [0.05, 0.1) is 0 Å². The first-order valence-corrected chi connectivity index (χ1v) is 10.8. The van der Waals surface area contributed by atoms with Crippen molar-refractivity contribution in [2.45, 2.75) is 78.4 Å². The summed E-state index contributed by atoms with van der Waals surface area (Å²) in [5.74, 6) is -0.131. The maximum Gasteiger partial charge on any atom is 0.242 e. The lowest BCUT2D eigenvalue weighted by Gasteiger charge is -2.29. The van der Waals surface area contributed by atoms with Crippen molar-refractivity contribution in [3.8, 4) is 0 Å². The Hall–Kier alpha value is -2.62. The first kappa shape index (κ1) is 23.7. The molecule has 2 aromatic carbocycles. The van der Waals surface area contributed by atoms with E-state index in [9.17, 15) is 9.59 Å². The Morgan fingerprint density at radius 3 is 2.03 bits per heavy atom. The van der Waals surface area contributed by atoms with Gasteiger partial charge in [-0.2, -0.15) is 0 Å². The van der Waals surface area contributed by atoms with E-state index in [2.05, 4.69) is 50.4 Å². The first-order chi connectivity index (χ1) is 14.1. The molecule has 162 valence electrons. The topological polar surface area (TPSA) is 49.4 Å². The molecule has 2 amide bonds. The van der Waals surface area contributed by atoms with Crippen LogP contribution in [0.3, 0.4) is 0 Å². The highest BCUT2D eigenvalue weighted by Gasteiger charge is 2.26. The second kappa shape index (κ2) is 10.4. The van der Waals surface area contributed by atoms with Gasteiger partial charge in [0.2, 0.25) is 11.8 Å². The summed E-state index contributed by atoms with van der Waals surface area (Å²) in [5.41, 5.74) is 3.54. The van der Waals surface area contributed by atoms with Crippen molar-refractivity contribution >= 4 is 11.8 Å². The Balaban J connectivity index is 2.10. The van der Waals surface area contributed by atoms with Crippen LogP contribution in [0.25, 0.3) is 0 Å². The van der Waals surface area contributed by atoms with Gasteiger partial charge in [-0.05, 0) is 49.3 Å². The van der Waals surface area contributed by atoms with E-state index in [4.69, 9.17) is 0 Å². The number of amides is 2. The van der Waals surface area contributed by atoms with Gasteiger partial charge in [-0.25, -0.2) is 0 Å². The number of rotatable bonds is 8. The number of carbonyl (C=O) groups excluding carboxylic acids is 2. The zero-order valence-electron chi connectivity index (χ0n) is 19.2. The van der Waals surface area contributed by atoms with Crippen LogP contribution < -0.4 is 5.32 Å². The van der Waals surface area contributed by atoms with Gasteiger partial charge in [0.1, 0.15) is 6.04 Å². The molecule has 2 rings (SSSR count). The SMILES string of the molecule is CC(C)NC(=O)[C@@H](C)N(Cc1ccccc1)C(=O)CCc1ccc(C(C)(C)C)cc1. The molecule has 0 spiro atoms. The van der Waals surface area contributed by atoms with Crippen molar-refractivity contribution in [2.24, 2.45) is 0 Å². The molecule has 0 saturated heterocycles. The van der Waals surface area contributed by atoms with Crippen LogP contribution in [0.4, 0.5) is 0 Å². The van der Waals surface area contributed by atoms with Crippen molar-refractivity contribution in [1.29, 1.82) is 0 Å². The van der Waals surface area contributed by atoms with Crippen LogP contribution in [0.5, 0.6) is 0 Å². The van der Waals surface area contributed by atoms with Gasteiger partial charge in [0, 0.05) is 19.0 Å². The Bertz CT molecular complexity index is 820. The van der Waals surface area contributed by atoms with E-state index >= 15 is 0 Å². The van der Waals surface area contributed by atoms with Gasteiger partial charge in [0.25, 0.3) is 0 Å². The van der Waals surface area contributed by atoms with Crippen LogP contribution >= 0.6 is 0 Å². The molecule has 4 nitrogen and oxygen atoms in total. The van der Waals surface area contributed by atoms with Gasteiger partial charge in [-0.3, -0.25) is 9.59 Å². The minimum absolute atomic E-state index is 0.00911. The molecule has 0 bridgehead atoms. The number of benzene rings is 2. The fourth-order valence-corrected chi connectivity index (χ4v) is 3.33. The van der Waals surface area contributed by atoms with Crippen LogP contribution in [0.1, 0.15) is 64.7 Å². The summed E-state index contributed by atoms with van der Waals surface area (Å²) >= 11 is 0. The van der Waals surface area contributed by atoms with Gasteiger partial charge in [-0.1, -0.05) is 75.4 Å². The zero-order valence-corrected chi connectivity index (χ0v) is 19.2. The molecule has 0 aliphatic rings. The number of hydrogen-bond acceptors (Lipinski definition) is 2. The van der Waals surface area contributed by atoms with Crippen LogP contribution in [-0.4, -0.2) is 28.8 Å². The third-order valence-corrected chi connectivity index (χ3v) is 5.24. The van der Waals surface area contributed by atoms with Crippen LogP contribution in [0.2, 0.25) is 0 Å². The highest BCUT2D eigenvalue weighted by atomic mass is 16.2.